The molecule has 0 saturated heterocycles. The molecular weight excluding hydrogens is 293 g/mol. The first-order chi connectivity index (χ1) is 8.13. The van der Waals surface area contributed by atoms with Crippen molar-refractivity contribution < 1.29 is 21.6 Å². The topological polar surface area (TPSA) is 75.2 Å². The molecule has 0 saturated carbocycles. The molecule has 0 aliphatic heterocycles. The van der Waals surface area contributed by atoms with E-state index in [0.29, 0.717) is 11.5 Å². The van der Waals surface area contributed by atoms with Crippen molar-refractivity contribution in [2.24, 2.45) is 0 Å². The van der Waals surface area contributed by atoms with Crippen LogP contribution >= 0.6 is 11.5 Å². The minimum atomic E-state index is -4.59. The van der Waals surface area contributed by atoms with E-state index in [0.717, 1.165) is 4.31 Å². The summed E-state index contributed by atoms with van der Waals surface area (Å²) < 4.78 is 63.4. The lowest BCUT2D eigenvalue weighted by molar-refractivity contribution is -0.144. The van der Waals surface area contributed by atoms with Gasteiger partial charge in [-0.2, -0.15) is 22.5 Å². The van der Waals surface area contributed by atoms with Crippen molar-refractivity contribution in [3.05, 3.63) is 5.82 Å². The quantitative estimate of drug-likeness (QED) is 0.873. The minimum absolute atomic E-state index is 0.0347. The fourth-order valence-electron chi connectivity index (χ4n) is 0.880. The van der Waals surface area contributed by atoms with Crippen molar-refractivity contribution in [3.63, 3.8) is 0 Å². The Morgan fingerprint density at radius 1 is 1.39 bits per heavy atom. The lowest BCUT2D eigenvalue weighted by atomic mass is 10.6. The summed E-state index contributed by atoms with van der Waals surface area (Å²) in [5.74, 6) is -1.47. The smallest absolute Gasteiger partial charge is 0.359 e. The molecule has 0 unspecified atom stereocenters. The summed E-state index contributed by atoms with van der Waals surface area (Å²) >= 11 is 0.535. The van der Waals surface area contributed by atoms with Gasteiger partial charge in [-0.25, -0.2) is 12.7 Å². The van der Waals surface area contributed by atoms with Crippen LogP contribution in [0.25, 0.3) is 0 Å². The van der Waals surface area contributed by atoms with Gasteiger partial charge in [0.25, 0.3) is 0 Å². The van der Waals surface area contributed by atoms with Gasteiger partial charge >= 0.3 is 6.18 Å². The summed E-state index contributed by atoms with van der Waals surface area (Å²) in [6, 6.07) is 0. The van der Waals surface area contributed by atoms with Crippen molar-refractivity contribution in [2.45, 2.75) is 6.18 Å². The molecule has 1 aromatic heterocycles. The Morgan fingerprint density at radius 2 is 2.00 bits per heavy atom. The molecule has 18 heavy (non-hydrogen) atoms. The molecule has 1 rings (SSSR count). The van der Waals surface area contributed by atoms with Crippen LogP contribution in [0.5, 0.6) is 0 Å². The molecule has 0 aliphatic carbocycles. The summed E-state index contributed by atoms with van der Waals surface area (Å²) in [6.45, 7) is -0.0347. The standard InChI is InChI=1S/C7H11F3N4O2S2/c1-14(2)18(15,16)4-3-11-6-12-5(13-17-6)7(8,9)10/h3-4H2,1-2H3,(H,11,12,13). The minimum Gasteiger partial charge on any atom is -0.359 e. The van der Waals surface area contributed by atoms with Crippen LogP contribution in [0.3, 0.4) is 0 Å². The summed E-state index contributed by atoms with van der Waals surface area (Å²) in [5.41, 5.74) is 0. The van der Waals surface area contributed by atoms with Gasteiger partial charge in [0, 0.05) is 32.2 Å². The highest BCUT2D eigenvalue weighted by atomic mass is 32.2. The van der Waals surface area contributed by atoms with Crippen LogP contribution in [0.4, 0.5) is 18.3 Å². The number of nitrogens with one attached hydrogen (secondary N) is 1. The van der Waals surface area contributed by atoms with Crippen LogP contribution in [-0.4, -0.2) is 48.5 Å². The maximum Gasteiger partial charge on any atom is 0.452 e. The van der Waals surface area contributed by atoms with Crippen LogP contribution in [0.15, 0.2) is 0 Å². The third-order valence-electron chi connectivity index (χ3n) is 1.87. The van der Waals surface area contributed by atoms with Crippen LogP contribution in [0, 0.1) is 0 Å². The molecule has 0 radical (unpaired) electrons. The molecule has 1 heterocycles. The molecule has 1 aromatic rings. The number of hydrogen-bond acceptors (Lipinski definition) is 6. The van der Waals surface area contributed by atoms with E-state index in [1.165, 1.54) is 14.1 Å². The monoisotopic (exact) mass is 304 g/mol. The molecule has 0 aliphatic rings. The maximum atomic E-state index is 12.2. The van der Waals surface area contributed by atoms with Crippen molar-refractivity contribution in [2.75, 3.05) is 31.7 Å². The van der Waals surface area contributed by atoms with Gasteiger partial charge in [0.05, 0.1) is 5.75 Å². The number of rotatable bonds is 5. The zero-order valence-corrected chi connectivity index (χ0v) is 11.2. The Labute approximate surface area is 106 Å². The van der Waals surface area contributed by atoms with Gasteiger partial charge in [0.1, 0.15) is 0 Å². The summed E-state index contributed by atoms with van der Waals surface area (Å²) in [4.78, 5) is 3.21. The first kappa shape index (κ1) is 15.1. The van der Waals surface area contributed by atoms with E-state index in [4.69, 9.17) is 0 Å². The number of nitrogens with zero attached hydrogens (tertiary/aromatic N) is 3. The second-order valence-corrected chi connectivity index (χ2v) is 6.50. The van der Waals surface area contributed by atoms with Gasteiger partial charge < -0.3 is 5.32 Å². The molecule has 0 amide bonds. The molecule has 11 heteroatoms. The number of aromatic nitrogens is 2. The van der Waals surface area contributed by atoms with Crippen LogP contribution in [0.1, 0.15) is 5.82 Å². The first-order valence-electron chi connectivity index (χ1n) is 4.68. The highest BCUT2D eigenvalue weighted by Gasteiger charge is 2.36. The van der Waals surface area contributed by atoms with Gasteiger partial charge in [-0.1, -0.05) is 0 Å². The van der Waals surface area contributed by atoms with Crippen molar-refractivity contribution in [3.8, 4) is 0 Å². The van der Waals surface area contributed by atoms with Crippen molar-refractivity contribution >= 4 is 26.7 Å². The van der Waals surface area contributed by atoms with Gasteiger partial charge in [0.15, 0.2) is 0 Å². The lowest BCUT2D eigenvalue weighted by Crippen LogP contribution is -2.28. The van der Waals surface area contributed by atoms with E-state index in [2.05, 4.69) is 14.7 Å². The van der Waals surface area contributed by atoms with Gasteiger partial charge in [-0.15, -0.1) is 0 Å². The van der Waals surface area contributed by atoms with E-state index in [9.17, 15) is 21.6 Å². The highest BCUT2D eigenvalue weighted by molar-refractivity contribution is 7.89. The first-order valence-corrected chi connectivity index (χ1v) is 7.06. The maximum absolute atomic E-state index is 12.2. The fourth-order valence-corrected chi connectivity index (χ4v) is 2.22. The van der Waals surface area contributed by atoms with Gasteiger partial charge in [-0.3, -0.25) is 0 Å². The Kier molecular flexibility index (Phi) is 4.50. The Morgan fingerprint density at radius 3 is 2.44 bits per heavy atom. The van der Waals surface area contributed by atoms with Gasteiger partial charge in [-0.05, 0) is 0 Å². The molecule has 1 N–H and O–H groups in total. The number of sulfonamides is 1. The summed E-state index contributed by atoms with van der Waals surface area (Å²) in [7, 11) is -0.631. The average molecular weight is 304 g/mol. The lowest BCUT2D eigenvalue weighted by Gasteiger charge is -2.10. The summed E-state index contributed by atoms with van der Waals surface area (Å²) in [5, 5.41) is 2.43. The normalized spacial score (nSPS) is 13.0. The molecule has 0 fully saturated rings. The Bertz CT molecular complexity index is 497. The zero-order chi connectivity index (χ0) is 14.0. The van der Waals surface area contributed by atoms with Crippen molar-refractivity contribution in [1.82, 2.24) is 13.7 Å². The molecular formula is C7H11F3N4O2S2. The average Bonchev–Trinajstić information content (AvgIpc) is 2.65. The number of alkyl halides is 3. The van der Waals surface area contributed by atoms with E-state index in [-0.39, 0.29) is 17.4 Å². The third-order valence-corrected chi connectivity index (χ3v) is 4.38. The SMILES string of the molecule is CN(C)S(=O)(=O)CCNc1nc(C(F)(F)F)ns1. The highest BCUT2D eigenvalue weighted by Crippen LogP contribution is 2.28. The van der Waals surface area contributed by atoms with Crippen LogP contribution in [-0.2, 0) is 16.2 Å². The van der Waals surface area contributed by atoms with E-state index in [1.54, 1.807) is 0 Å². The van der Waals surface area contributed by atoms with Crippen LogP contribution in [0.2, 0.25) is 0 Å². The number of anilines is 1. The molecule has 104 valence electrons. The van der Waals surface area contributed by atoms with Crippen molar-refractivity contribution in [1.29, 1.82) is 0 Å². The Balaban J connectivity index is 2.53. The predicted molar refractivity (Wildman–Crippen MR) is 60.9 cm³/mol. The molecule has 0 spiro atoms. The molecule has 6 nitrogen and oxygen atoms in total. The summed E-state index contributed by atoms with van der Waals surface area (Å²) in [6.07, 6.45) is -4.59. The predicted octanol–water partition coefficient (Wildman–Crippen LogP) is 0.860. The van der Waals surface area contributed by atoms with E-state index >= 15 is 0 Å². The largest absolute Gasteiger partial charge is 0.452 e. The third kappa shape index (κ3) is 4.07. The second kappa shape index (κ2) is 5.36. The fraction of sp³-hybridized carbons (Fsp3) is 0.714. The van der Waals surface area contributed by atoms with E-state index < -0.39 is 22.0 Å². The van der Waals surface area contributed by atoms with E-state index in [1.807, 2.05) is 0 Å². The molecule has 0 aromatic carbocycles. The zero-order valence-electron chi connectivity index (χ0n) is 9.52. The number of hydrogen-bond donors (Lipinski definition) is 1. The Hall–Kier alpha value is -0.940. The van der Waals surface area contributed by atoms with Crippen LogP contribution < -0.4 is 5.32 Å². The number of halogens is 3. The second-order valence-electron chi connectivity index (χ2n) is 3.45. The molecule has 0 atom stereocenters. The van der Waals surface area contributed by atoms with Gasteiger partial charge in [0.2, 0.25) is 21.0 Å². The molecule has 0 bridgehead atoms.